The van der Waals surface area contributed by atoms with Crippen molar-refractivity contribution in [1.82, 2.24) is 10.6 Å². The fourth-order valence-corrected chi connectivity index (χ4v) is 4.43. The van der Waals surface area contributed by atoms with Crippen molar-refractivity contribution in [2.24, 2.45) is 5.73 Å². The molecule has 0 aromatic rings. The van der Waals surface area contributed by atoms with Crippen molar-refractivity contribution >= 4 is 11.9 Å². The summed E-state index contributed by atoms with van der Waals surface area (Å²) < 4.78 is 0. The molecule has 0 fully saturated rings. The van der Waals surface area contributed by atoms with Gasteiger partial charge in [-0.2, -0.15) is 0 Å². The molecule has 0 saturated carbocycles. The molecule has 0 aliphatic carbocycles. The first kappa shape index (κ1) is 30.7. The highest BCUT2D eigenvalue weighted by atomic mass is 16.1. The minimum Gasteiger partial charge on any atom is -0.370 e. The van der Waals surface area contributed by atoms with E-state index in [9.17, 15) is 4.79 Å². The summed E-state index contributed by atoms with van der Waals surface area (Å²) >= 11 is 0. The minimum atomic E-state index is 0.0548. The van der Waals surface area contributed by atoms with Crippen LogP contribution >= 0.6 is 0 Å². The van der Waals surface area contributed by atoms with Crippen molar-refractivity contribution in [3.05, 3.63) is 0 Å². The standard InChI is InChI=1S/C27H56N4O/c1-3-4-5-6-7-8-9-10-11-12-13-14-15-16-19-22-26(31-25(2)32)23-20-17-18-21-24-30-27(28)29/h26H,3-24H2,1-2H3,(H,31,32)(H4,28,29,30). The summed E-state index contributed by atoms with van der Waals surface area (Å²) in [5.41, 5.74) is 5.28. The Balaban J connectivity index is 3.51. The summed E-state index contributed by atoms with van der Waals surface area (Å²) in [7, 11) is 0. The summed E-state index contributed by atoms with van der Waals surface area (Å²) in [6.07, 6.45) is 27.6. The topological polar surface area (TPSA) is 91.0 Å². The van der Waals surface area contributed by atoms with E-state index in [1.165, 1.54) is 103 Å². The van der Waals surface area contributed by atoms with Gasteiger partial charge in [-0.1, -0.05) is 122 Å². The van der Waals surface area contributed by atoms with Crippen LogP contribution in [-0.2, 0) is 4.79 Å². The number of hydrogen-bond acceptors (Lipinski definition) is 2. The van der Waals surface area contributed by atoms with Crippen LogP contribution in [0.4, 0.5) is 0 Å². The molecular weight excluding hydrogens is 396 g/mol. The lowest BCUT2D eigenvalue weighted by molar-refractivity contribution is -0.119. The third-order valence-electron chi connectivity index (χ3n) is 6.36. The Morgan fingerprint density at radius 2 is 1.06 bits per heavy atom. The van der Waals surface area contributed by atoms with E-state index >= 15 is 0 Å². The second-order valence-electron chi connectivity index (χ2n) is 9.68. The number of rotatable bonds is 24. The number of unbranched alkanes of at least 4 members (excludes halogenated alkanes) is 17. The van der Waals surface area contributed by atoms with Gasteiger partial charge in [-0.25, -0.2) is 0 Å². The molecule has 0 aromatic heterocycles. The van der Waals surface area contributed by atoms with E-state index in [0.717, 1.165) is 38.6 Å². The molecule has 0 spiro atoms. The number of amides is 1. The zero-order valence-corrected chi connectivity index (χ0v) is 21.6. The molecule has 0 bridgehead atoms. The van der Waals surface area contributed by atoms with Gasteiger partial charge in [0.05, 0.1) is 0 Å². The van der Waals surface area contributed by atoms with Crippen molar-refractivity contribution in [2.75, 3.05) is 6.54 Å². The van der Waals surface area contributed by atoms with Crippen LogP contribution in [0, 0.1) is 5.41 Å². The molecule has 0 saturated heterocycles. The van der Waals surface area contributed by atoms with Crippen molar-refractivity contribution in [3.63, 3.8) is 0 Å². The first-order chi connectivity index (χ1) is 15.6. The molecule has 5 nitrogen and oxygen atoms in total. The van der Waals surface area contributed by atoms with Crippen LogP contribution in [-0.4, -0.2) is 24.5 Å². The first-order valence-electron chi connectivity index (χ1n) is 13.9. The molecule has 1 amide bonds. The van der Waals surface area contributed by atoms with E-state index < -0.39 is 0 Å². The number of nitrogens with two attached hydrogens (primary N) is 1. The normalized spacial score (nSPS) is 11.9. The molecule has 0 heterocycles. The number of nitrogens with one attached hydrogen (secondary N) is 3. The lowest BCUT2D eigenvalue weighted by Gasteiger charge is -2.18. The van der Waals surface area contributed by atoms with Crippen molar-refractivity contribution in [1.29, 1.82) is 5.41 Å². The van der Waals surface area contributed by atoms with Crippen molar-refractivity contribution < 1.29 is 4.79 Å². The molecule has 5 N–H and O–H groups in total. The maximum atomic E-state index is 11.5. The molecule has 0 aliphatic rings. The van der Waals surface area contributed by atoms with Crippen LogP contribution in [0.5, 0.6) is 0 Å². The number of carbonyl (C=O) groups excluding carboxylic acids is 1. The monoisotopic (exact) mass is 452 g/mol. The van der Waals surface area contributed by atoms with Gasteiger partial charge in [-0.15, -0.1) is 0 Å². The van der Waals surface area contributed by atoms with Crippen LogP contribution in [0.25, 0.3) is 0 Å². The molecule has 1 unspecified atom stereocenters. The Kier molecular flexibility index (Phi) is 23.4. The Bertz CT molecular complexity index is 428. The maximum absolute atomic E-state index is 11.5. The van der Waals surface area contributed by atoms with E-state index in [0.29, 0.717) is 6.04 Å². The molecule has 32 heavy (non-hydrogen) atoms. The zero-order chi connectivity index (χ0) is 23.7. The third kappa shape index (κ3) is 25.0. The largest absolute Gasteiger partial charge is 0.370 e. The molecule has 0 radical (unpaired) electrons. The predicted molar refractivity (Wildman–Crippen MR) is 140 cm³/mol. The lowest BCUT2D eigenvalue weighted by Crippen LogP contribution is -2.33. The van der Waals surface area contributed by atoms with Crippen LogP contribution in [0.1, 0.15) is 149 Å². The summed E-state index contributed by atoms with van der Waals surface area (Å²) in [4.78, 5) is 11.5. The molecule has 0 aromatic carbocycles. The average Bonchev–Trinajstić information content (AvgIpc) is 2.74. The smallest absolute Gasteiger partial charge is 0.217 e. The van der Waals surface area contributed by atoms with E-state index in [1.54, 1.807) is 6.92 Å². The van der Waals surface area contributed by atoms with E-state index in [-0.39, 0.29) is 11.9 Å². The fraction of sp³-hybridized carbons (Fsp3) is 0.926. The highest BCUT2D eigenvalue weighted by molar-refractivity contribution is 5.74. The SMILES string of the molecule is CCCCCCCCCCCCCCCCCC(CCCCCCNC(=N)N)NC(C)=O. The molecular formula is C27H56N4O. The predicted octanol–water partition coefficient (Wildman–Crippen LogP) is 7.19. The highest BCUT2D eigenvalue weighted by Gasteiger charge is 2.09. The Morgan fingerprint density at radius 1 is 0.688 bits per heavy atom. The van der Waals surface area contributed by atoms with Crippen LogP contribution < -0.4 is 16.4 Å². The van der Waals surface area contributed by atoms with Gasteiger partial charge >= 0.3 is 0 Å². The van der Waals surface area contributed by atoms with Gasteiger partial charge in [0.2, 0.25) is 5.91 Å². The van der Waals surface area contributed by atoms with Gasteiger partial charge < -0.3 is 16.4 Å². The Labute approximate surface area is 200 Å². The molecule has 5 heteroatoms. The molecule has 1 atom stereocenters. The van der Waals surface area contributed by atoms with Gasteiger partial charge in [0.1, 0.15) is 0 Å². The molecule has 190 valence electrons. The Morgan fingerprint density at radius 3 is 1.44 bits per heavy atom. The van der Waals surface area contributed by atoms with Gasteiger partial charge in [0.25, 0.3) is 0 Å². The lowest BCUT2D eigenvalue weighted by atomic mass is 10.00. The fourth-order valence-electron chi connectivity index (χ4n) is 4.43. The van der Waals surface area contributed by atoms with E-state index in [2.05, 4.69) is 17.6 Å². The number of guanidine groups is 1. The van der Waals surface area contributed by atoms with Gasteiger partial charge in [-0.05, 0) is 19.3 Å². The number of hydrogen-bond donors (Lipinski definition) is 4. The van der Waals surface area contributed by atoms with E-state index in [1.807, 2.05) is 0 Å². The Hall–Kier alpha value is -1.26. The summed E-state index contributed by atoms with van der Waals surface area (Å²) in [6.45, 7) is 4.70. The summed E-state index contributed by atoms with van der Waals surface area (Å²) in [6, 6.07) is 0.338. The maximum Gasteiger partial charge on any atom is 0.217 e. The summed E-state index contributed by atoms with van der Waals surface area (Å²) in [5, 5.41) is 13.1. The zero-order valence-electron chi connectivity index (χ0n) is 21.6. The second kappa shape index (κ2) is 24.4. The first-order valence-corrected chi connectivity index (χ1v) is 13.9. The highest BCUT2D eigenvalue weighted by Crippen LogP contribution is 2.15. The molecule has 0 rings (SSSR count). The quantitative estimate of drug-likeness (QED) is 0.0709. The average molecular weight is 453 g/mol. The van der Waals surface area contributed by atoms with Crippen LogP contribution in [0.2, 0.25) is 0 Å². The minimum absolute atomic E-state index is 0.0548. The van der Waals surface area contributed by atoms with Gasteiger partial charge in [0.15, 0.2) is 5.96 Å². The second-order valence-corrected chi connectivity index (χ2v) is 9.68. The molecule has 0 aliphatic heterocycles. The number of carbonyl (C=O) groups is 1. The van der Waals surface area contributed by atoms with Crippen molar-refractivity contribution in [2.45, 2.75) is 155 Å². The van der Waals surface area contributed by atoms with Gasteiger partial charge in [-0.3, -0.25) is 10.2 Å². The van der Waals surface area contributed by atoms with Crippen LogP contribution in [0.3, 0.4) is 0 Å². The van der Waals surface area contributed by atoms with E-state index in [4.69, 9.17) is 11.1 Å². The summed E-state index contributed by atoms with van der Waals surface area (Å²) in [5.74, 6) is 0.154. The van der Waals surface area contributed by atoms with Crippen LogP contribution in [0.15, 0.2) is 0 Å². The third-order valence-corrected chi connectivity index (χ3v) is 6.36. The van der Waals surface area contributed by atoms with Gasteiger partial charge in [0, 0.05) is 19.5 Å². The van der Waals surface area contributed by atoms with Crippen molar-refractivity contribution in [3.8, 4) is 0 Å².